The van der Waals surface area contributed by atoms with Crippen LogP contribution in [0.25, 0.3) is 10.9 Å². The first-order valence-electron chi connectivity index (χ1n) is 6.64. The Hall–Kier alpha value is -1.68. The number of Topliss-reactive ketones (excluding diaryl/α,β-unsaturated/α-hetero) is 1. The third kappa shape index (κ3) is 2.54. The maximum absolute atomic E-state index is 13.3. The van der Waals surface area contributed by atoms with Gasteiger partial charge in [-0.25, -0.2) is 4.39 Å². The number of hydrogen-bond acceptors (Lipinski definition) is 2. The number of ketones is 1. The first-order chi connectivity index (χ1) is 9.08. The van der Waals surface area contributed by atoms with Gasteiger partial charge in [-0.15, -0.1) is 0 Å². The van der Waals surface area contributed by atoms with Gasteiger partial charge >= 0.3 is 0 Å². The minimum absolute atomic E-state index is 0.0469. The van der Waals surface area contributed by atoms with Crippen LogP contribution < -0.4 is 5.32 Å². The number of carbonyl (C=O) groups is 1. The summed E-state index contributed by atoms with van der Waals surface area (Å²) in [5, 5.41) is 3.93. The van der Waals surface area contributed by atoms with Crippen LogP contribution in [0.2, 0.25) is 0 Å². The van der Waals surface area contributed by atoms with Gasteiger partial charge in [-0.3, -0.25) is 4.79 Å². The van der Waals surface area contributed by atoms with Gasteiger partial charge in [0.1, 0.15) is 5.82 Å². The Morgan fingerprint density at radius 2 is 2.16 bits per heavy atom. The Morgan fingerprint density at radius 3 is 2.79 bits per heavy atom. The molecule has 0 aliphatic heterocycles. The van der Waals surface area contributed by atoms with Crippen molar-refractivity contribution in [3.05, 3.63) is 35.8 Å². The summed E-state index contributed by atoms with van der Waals surface area (Å²) in [7, 11) is 0. The minimum atomic E-state index is -0.279. The Labute approximate surface area is 112 Å². The van der Waals surface area contributed by atoms with Crippen LogP contribution in [-0.2, 0) is 6.54 Å². The van der Waals surface area contributed by atoms with Crippen molar-refractivity contribution in [1.29, 1.82) is 0 Å². The summed E-state index contributed by atoms with van der Waals surface area (Å²) in [5.41, 5.74) is 1.43. The van der Waals surface area contributed by atoms with Crippen LogP contribution in [0, 0.1) is 5.82 Å². The number of halogens is 1. The lowest BCUT2D eigenvalue weighted by atomic mass is 10.0. The highest BCUT2D eigenvalue weighted by molar-refractivity contribution is 6.10. The van der Waals surface area contributed by atoms with Crippen molar-refractivity contribution in [1.82, 2.24) is 9.88 Å². The van der Waals surface area contributed by atoms with Crippen molar-refractivity contribution >= 4 is 16.7 Å². The summed E-state index contributed by atoms with van der Waals surface area (Å²) < 4.78 is 15.2. The standard InChI is InChI=1S/C15H19FN2O/c1-4-17-10(3)15(19)13-9-18(5-2)14-8-11(16)6-7-12(13)14/h6-10,17H,4-5H2,1-3H3. The molecule has 0 radical (unpaired) electrons. The number of benzene rings is 1. The predicted molar refractivity (Wildman–Crippen MR) is 75.0 cm³/mol. The third-order valence-corrected chi connectivity index (χ3v) is 3.35. The molecule has 0 fully saturated rings. The molecular weight excluding hydrogens is 243 g/mol. The van der Waals surface area contributed by atoms with E-state index >= 15 is 0 Å². The molecule has 2 rings (SSSR count). The van der Waals surface area contributed by atoms with Crippen LogP contribution in [-0.4, -0.2) is 22.9 Å². The maximum Gasteiger partial charge on any atom is 0.181 e. The highest BCUT2D eigenvalue weighted by Gasteiger charge is 2.19. The van der Waals surface area contributed by atoms with Crippen molar-refractivity contribution in [3.8, 4) is 0 Å². The zero-order chi connectivity index (χ0) is 14.0. The molecule has 4 heteroatoms. The first-order valence-corrected chi connectivity index (χ1v) is 6.64. The van der Waals surface area contributed by atoms with Crippen molar-refractivity contribution < 1.29 is 9.18 Å². The lowest BCUT2D eigenvalue weighted by Gasteiger charge is -2.09. The molecule has 102 valence electrons. The number of carbonyl (C=O) groups excluding carboxylic acids is 1. The van der Waals surface area contributed by atoms with Gasteiger partial charge < -0.3 is 9.88 Å². The normalized spacial score (nSPS) is 12.8. The summed E-state index contributed by atoms with van der Waals surface area (Å²) in [6.07, 6.45) is 1.82. The van der Waals surface area contributed by atoms with Gasteiger partial charge in [0, 0.05) is 23.7 Å². The van der Waals surface area contributed by atoms with E-state index < -0.39 is 0 Å². The Balaban J connectivity index is 2.52. The number of likely N-dealkylation sites (N-methyl/N-ethyl adjacent to an activating group) is 1. The minimum Gasteiger partial charge on any atom is -0.347 e. The fraction of sp³-hybridized carbons (Fsp3) is 0.400. The van der Waals surface area contributed by atoms with Crippen LogP contribution in [0.3, 0.4) is 0 Å². The monoisotopic (exact) mass is 262 g/mol. The average Bonchev–Trinajstić information content (AvgIpc) is 2.76. The van der Waals surface area contributed by atoms with E-state index in [4.69, 9.17) is 0 Å². The lowest BCUT2D eigenvalue weighted by Crippen LogP contribution is -2.33. The van der Waals surface area contributed by atoms with Crippen LogP contribution in [0.4, 0.5) is 4.39 Å². The van der Waals surface area contributed by atoms with Gasteiger partial charge in [-0.1, -0.05) is 6.92 Å². The van der Waals surface area contributed by atoms with Crippen LogP contribution in [0.1, 0.15) is 31.1 Å². The van der Waals surface area contributed by atoms with Gasteiger partial charge in [0.2, 0.25) is 0 Å². The zero-order valence-corrected chi connectivity index (χ0v) is 11.5. The number of hydrogen-bond donors (Lipinski definition) is 1. The van der Waals surface area contributed by atoms with Crippen LogP contribution >= 0.6 is 0 Å². The third-order valence-electron chi connectivity index (χ3n) is 3.35. The number of rotatable bonds is 5. The zero-order valence-electron chi connectivity index (χ0n) is 11.5. The average molecular weight is 262 g/mol. The summed E-state index contributed by atoms with van der Waals surface area (Å²) >= 11 is 0. The molecule has 3 nitrogen and oxygen atoms in total. The molecule has 0 saturated carbocycles. The molecule has 1 heterocycles. The van der Waals surface area contributed by atoms with Crippen LogP contribution in [0.15, 0.2) is 24.4 Å². The molecule has 0 spiro atoms. The summed E-state index contributed by atoms with van der Waals surface area (Å²) in [5.74, 6) is -0.232. The predicted octanol–water partition coefficient (Wildman–Crippen LogP) is 2.98. The smallest absolute Gasteiger partial charge is 0.181 e. The van der Waals surface area contributed by atoms with Gasteiger partial charge in [-0.2, -0.15) is 0 Å². The van der Waals surface area contributed by atoms with E-state index in [1.54, 1.807) is 6.07 Å². The molecule has 19 heavy (non-hydrogen) atoms. The molecular formula is C15H19FN2O. The van der Waals surface area contributed by atoms with E-state index in [1.807, 2.05) is 31.5 Å². The fourth-order valence-electron chi connectivity index (χ4n) is 2.36. The number of nitrogens with zero attached hydrogens (tertiary/aromatic N) is 1. The molecule has 1 aromatic heterocycles. The Kier molecular flexibility index (Phi) is 4.00. The van der Waals surface area contributed by atoms with Crippen molar-refractivity contribution in [2.75, 3.05) is 6.54 Å². The highest BCUT2D eigenvalue weighted by atomic mass is 19.1. The first kappa shape index (κ1) is 13.7. The number of nitrogens with one attached hydrogen (secondary N) is 1. The molecule has 2 aromatic rings. The molecule has 1 unspecified atom stereocenters. The van der Waals surface area contributed by atoms with Gasteiger partial charge in [0.25, 0.3) is 0 Å². The maximum atomic E-state index is 13.3. The van der Waals surface area contributed by atoms with E-state index in [2.05, 4.69) is 5.32 Å². The van der Waals surface area contributed by atoms with E-state index in [1.165, 1.54) is 12.1 Å². The molecule has 0 bridgehead atoms. The van der Waals surface area contributed by atoms with E-state index in [0.717, 1.165) is 17.4 Å². The Morgan fingerprint density at radius 1 is 1.42 bits per heavy atom. The van der Waals surface area contributed by atoms with Gasteiger partial charge in [0.15, 0.2) is 5.78 Å². The van der Waals surface area contributed by atoms with E-state index in [9.17, 15) is 9.18 Å². The number of fused-ring (bicyclic) bond motifs is 1. The molecule has 1 atom stereocenters. The largest absolute Gasteiger partial charge is 0.347 e. The second-order valence-electron chi connectivity index (χ2n) is 4.63. The van der Waals surface area contributed by atoms with E-state index in [0.29, 0.717) is 12.1 Å². The highest BCUT2D eigenvalue weighted by Crippen LogP contribution is 2.23. The van der Waals surface area contributed by atoms with Crippen molar-refractivity contribution in [2.24, 2.45) is 0 Å². The molecule has 1 N–H and O–H groups in total. The second-order valence-corrected chi connectivity index (χ2v) is 4.63. The van der Waals surface area contributed by atoms with E-state index in [-0.39, 0.29) is 17.6 Å². The molecule has 0 aliphatic carbocycles. The summed E-state index contributed by atoms with van der Waals surface area (Å²) in [4.78, 5) is 12.4. The lowest BCUT2D eigenvalue weighted by molar-refractivity contribution is 0.0953. The molecule has 0 aliphatic rings. The van der Waals surface area contributed by atoms with Gasteiger partial charge in [-0.05, 0) is 38.6 Å². The fourth-order valence-corrected chi connectivity index (χ4v) is 2.36. The summed E-state index contributed by atoms with van der Waals surface area (Å²) in [6, 6.07) is 4.33. The SMILES string of the molecule is CCNC(C)C(=O)c1cn(CC)c2cc(F)ccc12. The van der Waals surface area contributed by atoms with Crippen molar-refractivity contribution in [3.63, 3.8) is 0 Å². The number of aryl methyl sites for hydroxylation is 1. The Bertz CT molecular complexity index is 603. The molecule has 0 saturated heterocycles. The summed E-state index contributed by atoms with van der Waals surface area (Å²) in [6.45, 7) is 7.25. The number of aromatic nitrogens is 1. The van der Waals surface area contributed by atoms with Crippen molar-refractivity contribution in [2.45, 2.75) is 33.4 Å². The van der Waals surface area contributed by atoms with Crippen LogP contribution in [0.5, 0.6) is 0 Å². The molecule has 0 amide bonds. The second kappa shape index (κ2) is 5.53. The van der Waals surface area contributed by atoms with Gasteiger partial charge in [0.05, 0.1) is 11.6 Å². The molecule has 1 aromatic carbocycles. The quantitative estimate of drug-likeness (QED) is 0.840. The topological polar surface area (TPSA) is 34.0 Å².